The van der Waals surface area contributed by atoms with Crippen LogP contribution in [-0.4, -0.2) is 157 Å². The summed E-state index contributed by atoms with van der Waals surface area (Å²) in [7, 11) is 1.45. The second kappa shape index (κ2) is 15.6. The van der Waals surface area contributed by atoms with Gasteiger partial charge in [-0.1, -0.05) is 0 Å². The van der Waals surface area contributed by atoms with E-state index in [1.165, 1.54) is 33.1 Å². The Bertz CT molecular complexity index is 1780. The van der Waals surface area contributed by atoms with Crippen molar-refractivity contribution in [3.63, 3.8) is 0 Å². The summed E-state index contributed by atoms with van der Waals surface area (Å²) in [5.74, 6) is -1.37. The van der Waals surface area contributed by atoms with E-state index in [0.717, 1.165) is 12.1 Å². The molecule has 3 fully saturated rings. The molecule has 0 radical (unpaired) electrons. The van der Waals surface area contributed by atoms with Crippen molar-refractivity contribution in [1.82, 2.24) is 0 Å². The van der Waals surface area contributed by atoms with Crippen molar-refractivity contribution in [3.05, 3.63) is 46.6 Å². The van der Waals surface area contributed by atoms with E-state index in [9.17, 15) is 55.9 Å². The van der Waals surface area contributed by atoms with Crippen molar-refractivity contribution < 1.29 is 88.6 Å². The van der Waals surface area contributed by atoms with Crippen LogP contribution in [0, 0.1) is 0 Å². The number of aliphatic hydroxyl groups is 8. The smallest absolute Gasteiger partial charge is 0.239 e. The monoisotopic (exact) mass is 754 g/mol. The quantitative estimate of drug-likeness (QED) is 0.110. The summed E-state index contributed by atoms with van der Waals surface area (Å²) in [5, 5.41) is 105. The molecule has 4 heterocycles. The highest BCUT2D eigenvalue weighted by atomic mass is 16.7. The summed E-state index contributed by atoms with van der Waals surface area (Å²) < 4.78 is 45.1. The minimum atomic E-state index is -1.95. The third-order valence-corrected chi connectivity index (χ3v) is 9.47. The van der Waals surface area contributed by atoms with Crippen molar-refractivity contribution in [2.24, 2.45) is 0 Å². The predicted molar refractivity (Wildman–Crippen MR) is 175 cm³/mol. The fraction of sp³-hybridized carbons (Fsp3) is 0.559. The molecule has 0 amide bonds. The van der Waals surface area contributed by atoms with Gasteiger partial charge in [0.15, 0.2) is 18.3 Å². The van der Waals surface area contributed by atoms with E-state index in [2.05, 4.69) is 0 Å². The lowest BCUT2D eigenvalue weighted by Crippen LogP contribution is -2.63. The SMILES string of the molecule is COc1ccc(-c2oc3cc(O)cc(O)c3c(=O)c2O[C@@H]2O[C@H](CO[C@@H]3O[C@@H](C)[C@H](O[C@@H]4O[C@H](C)[C@H](O)[C@H](O)[C@@H]4O)[C@@H](O)[C@@H]3O)[C@H](O)[C@H](O)[C@H]2O)cc1. The Morgan fingerprint density at radius 2 is 1.32 bits per heavy atom. The zero-order valence-electron chi connectivity index (χ0n) is 28.5. The molecule has 292 valence electrons. The molecule has 53 heavy (non-hydrogen) atoms. The van der Waals surface area contributed by atoms with Gasteiger partial charge in [-0.25, -0.2) is 0 Å². The second-order valence-corrected chi connectivity index (χ2v) is 13.1. The third kappa shape index (κ3) is 7.54. The van der Waals surface area contributed by atoms with Crippen molar-refractivity contribution in [1.29, 1.82) is 0 Å². The Morgan fingerprint density at radius 3 is 2.00 bits per heavy atom. The topological polar surface area (TPSA) is 297 Å². The maximum Gasteiger partial charge on any atom is 0.239 e. The number of phenolic OH excluding ortho intramolecular Hbond substituents is 2. The van der Waals surface area contributed by atoms with Gasteiger partial charge in [0, 0.05) is 17.7 Å². The molecule has 3 aliphatic heterocycles. The number of phenols is 2. The maximum atomic E-state index is 13.8. The lowest BCUT2D eigenvalue weighted by Gasteiger charge is -2.46. The first-order valence-electron chi connectivity index (χ1n) is 16.6. The molecular weight excluding hydrogens is 712 g/mol. The predicted octanol–water partition coefficient (Wildman–Crippen LogP) is -2.24. The van der Waals surface area contributed by atoms with Crippen LogP contribution in [0.15, 0.2) is 45.6 Å². The van der Waals surface area contributed by atoms with Gasteiger partial charge in [0.05, 0.1) is 25.9 Å². The lowest BCUT2D eigenvalue weighted by molar-refractivity contribution is -0.357. The van der Waals surface area contributed by atoms with Gasteiger partial charge in [-0.05, 0) is 38.1 Å². The van der Waals surface area contributed by atoms with Crippen LogP contribution in [0.5, 0.6) is 23.0 Å². The van der Waals surface area contributed by atoms with Crippen molar-refractivity contribution in [2.75, 3.05) is 13.7 Å². The molecule has 0 spiro atoms. The highest BCUT2D eigenvalue weighted by Gasteiger charge is 2.51. The number of methoxy groups -OCH3 is 1. The number of ether oxygens (including phenoxy) is 7. The minimum Gasteiger partial charge on any atom is -0.508 e. The Morgan fingerprint density at radius 1 is 0.698 bits per heavy atom. The summed E-state index contributed by atoms with van der Waals surface area (Å²) in [4.78, 5) is 13.8. The van der Waals surface area contributed by atoms with Crippen LogP contribution in [0.1, 0.15) is 13.8 Å². The van der Waals surface area contributed by atoms with Crippen LogP contribution in [0.25, 0.3) is 22.3 Å². The van der Waals surface area contributed by atoms with Gasteiger partial charge >= 0.3 is 0 Å². The highest BCUT2D eigenvalue weighted by Crippen LogP contribution is 2.38. The number of hydrogen-bond acceptors (Lipinski definition) is 19. The first-order valence-corrected chi connectivity index (χ1v) is 16.6. The van der Waals surface area contributed by atoms with E-state index in [4.69, 9.17) is 37.6 Å². The van der Waals surface area contributed by atoms with E-state index >= 15 is 0 Å². The van der Waals surface area contributed by atoms with Gasteiger partial charge in [-0.3, -0.25) is 4.79 Å². The van der Waals surface area contributed by atoms with E-state index in [1.54, 1.807) is 12.1 Å². The number of hydrogen-bond donors (Lipinski definition) is 10. The zero-order chi connectivity index (χ0) is 38.5. The van der Waals surface area contributed by atoms with Crippen molar-refractivity contribution >= 4 is 11.0 Å². The van der Waals surface area contributed by atoms with Crippen LogP contribution in [0.3, 0.4) is 0 Å². The van der Waals surface area contributed by atoms with Gasteiger partial charge in [0.1, 0.15) is 89.3 Å². The molecule has 1 aromatic heterocycles. The number of rotatable bonds is 9. The average molecular weight is 755 g/mol. The van der Waals surface area contributed by atoms with Crippen LogP contribution in [0.2, 0.25) is 0 Å². The van der Waals surface area contributed by atoms with Gasteiger partial charge in [-0.15, -0.1) is 0 Å². The molecule has 3 aromatic rings. The number of aliphatic hydroxyl groups excluding tert-OH is 8. The summed E-state index contributed by atoms with van der Waals surface area (Å²) in [6.07, 6.45) is -23.6. The minimum absolute atomic E-state index is 0.207. The molecular formula is C34H42O19. The molecule has 3 aliphatic rings. The zero-order valence-corrected chi connectivity index (χ0v) is 28.5. The van der Waals surface area contributed by atoms with E-state index in [-0.39, 0.29) is 22.3 Å². The Labute approximate surface area is 300 Å². The molecule has 0 bridgehead atoms. The molecule has 6 rings (SSSR count). The Balaban J connectivity index is 1.19. The molecule has 19 nitrogen and oxygen atoms in total. The van der Waals surface area contributed by atoms with Gasteiger partial charge in [0.25, 0.3) is 0 Å². The Hall–Kier alpha value is -3.67. The molecule has 15 atom stereocenters. The first kappa shape index (κ1) is 39.0. The third-order valence-electron chi connectivity index (χ3n) is 9.47. The van der Waals surface area contributed by atoms with Crippen LogP contribution >= 0.6 is 0 Å². The van der Waals surface area contributed by atoms with Gasteiger partial charge in [0.2, 0.25) is 17.5 Å². The first-order chi connectivity index (χ1) is 25.1. The van der Waals surface area contributed by atoms with Crippen LogP contribution < -0.4 is 14.9 Å². The fourth-order valence-corrected chi connectivity index (χ4v) is 6.38. The summed E-state index contributed by atoms with van der Waals surface area (Å²) in [6, 6.07) is 8.16. The number of aromatic hydroxyl groups is 2. The summed E-state index contributed by atoms with van der Waals surface area (Å²) in [6.45, 7) is 2.25. The normalized spacial score (nSPS) is 37.8. The van der Waals surface area contributed by atoms with E-state index < -0.39 is 121 Å². The molecule has 2 aromatic carbocycles. The number of benzene rings is 2. The Kier molecular flexibility index (Phi) is 11.5. The molecule has 3 saturated heterocycles. The summed E-state index contributed by atoms with van der Waals surface area (Å²) in [5.41, 5.74) is -0.885. The second-order valence-electron chi connectivity index (χ2n) is 13.1. The van der Waals surface area contributed by atoms with E-state index in [1.807, 2.05) is 0 Å². The van der Waals surface area contributed by atoms with Crippen molar-refractivity contribution in [3.8, 4) is 34.3 Å². The fourth-order valence-electron chi connectivity index (χ4n) is 6.38. The standard InChI is InChI=1S/C34H42O19/c1-11-20(37)23(40)26(43)33(48-11)52-29-12(2)49-32(28(45)25(29)42)47-10-18-21(38)24(41)27(44)34(51-18)53-31-22(39)19-16(36)8-14(35)9-17(19)50-30(31)13-4-6-15(46-3)7-5-13/h4-9,11-12,18,20-21,23-29,32-38,40-45H,10H2,1-3H3/t11-,12+,18-,20+,21+,23+,24+,25+,26+,27-,28+,29+,32-,33+,34+/m1/s1. The van der Waals surface area contributed by atoms with E-state index in [0.29, 0.717) is 5.75 Å². The maximum absolute atomic E-state index is 13.8. The van der Waals surface area contributed by atoms with Crippen LogP contribution in [0.4, 0.5) is 0 Å². The van der Waals surface area contributed by atoms with Gasteiger partial charge < -0.3 is 88.6 Å². The van der Waals surface area contributed by atoms with Crippen LogP contribution in [-0.2, 0) is 23.7 Å². The largest absolute Gasteiger partial charge is 0.508 e. The highest BCUT2D eigenvalue weighted by molar-refractivity contribution is 5.88. The molecule has 0 aliphatic carbocycles. The molecule has 19 heteroatoms. The summed E-state index contributed by atoms with van der Waals surface area (Å²) >= 11 is 0. The average Bonchev–Trinajstić information content (AvgIpc) is 3.13. The molecule has 10 N–H and O–H groups in total. The number of fused-ring (bicyclic) bond motifs is 1. The molecule has 0 unspecified atom stereocenters. The van der Waals surface area contributed by atoms with Crippen molar-refractivity contribution in [2.45, 2.75) is 106 Å². The molecule has 0 saturated carbocycles. The lowest BCUT2D eigenvalue weighted by atomic mass is 9.97. The van der Waals surface area contributed by atoms with Gasteiger partial charge in [-0.2, -0.15) is 0 Å².